The second-order valence-corrected chi connectivity index (χ2v) is 6.69. The lowest BCUT2D eigenvalue weighted by atomic mass is 10.0. The minimum atomic E-state index is 0.707. The SMILES string of the molecule is CCC(CC)CNC(=NC)NCc1ccc(CN2CCOCC2)cc1. The number of morpholine rings is 1. The van der Waals surface area contributed by atoms with E-state index in [1.807, 2.05) is 7.05 Å². The fourth-order valence-electron chi connectivity index (χ4n) is 3.00. The van der Waals surface area contributed by atoms with Gasteiger partial charge in [-0.1, -0.05) is 51.0 Å². The predicted octanol–water partition coefficient (Wildman–Crippen LogP) is 2.62. The molecule has 140 valence electrons. The maximum absolute atomic E-state index is 5.40. The van der Waals surface area contributed by atoms with Crippen LogP contribution in [0, 0.1) is 5.92 Å². The van der Waals surface area contributed by atoms with E-state index in [-0.39, 0.29) is 0 Å². The molecule has 0 bridgehead atoms. The summed E-state index contributed by atoms with van der Waals surface area (Å²) in [6.45, 7) is 11.0. The number of hydrogen-bond donors (Lipinski definition) is 2. The Hall–Kier alpha value is -1.59. The lowest BCUT2D eigenvalue weighted by Crippen LogP contribution is -2.39. The van der Waals surface area contributed by atoms with Gasteiger partial charge in [0.05, 0.1) is 13.2 Å². The number of rotatable bonds is 8. The van der Waals surface area contributed by atoms with Crippen molar-refractivity contribution in [1.82, 2.24) is 15.5 Å². The molecule has 1 aromatic carbocycles. The van der Waals surface area contributed by atoms with E-state index in [0.29, 0.717) is 5.92 Å². The summed E-state index contributed by atoms with van der Waals surface area (Å²) >= 11 is 0. The average Bonchev–Trinajstić information content (AvgIpc) is 2.67. The molecule has 0 amide bonds. The minimum Gasteiger partial charge on any atom is -0.379 e. The van der Waals surface area contributed by atoms with Crippen LogP contribution in [0.4, 0.5) is 0 Å². The number of ether oxygens (including phenoxy) is 1. The molecule has 0 aliphatic carbocycles. The fourth-order valence-corrected chi connectivity index (χ4v) is 3.00. The molecule has 0 radical (unpaired) electrons. The molecule has 1 aliphatic heterocycles. The van der Waals surface area contributed by atoms with Crippen molar-refractivity contribution >= 4 is 5.96 Å². The predicted molar refractivity (Wildman–Crippen MR) is 105 cm³/mol. The summed E-state index contributed by atoms with van der Waals surface area (Å²) in [4.78, 5) is 6.76. The monoisotopic (exact) mass is 346 g/mol. The third-order valence-electron chi connectivity index (χ3n) is 4.93. The van der Waals surface area contributed by atoms with E-state index in [9.17, 15) is 0 Å². The van der Waals surface area contributed by atoms with Gasteiger partial charge in [0.2, 0.25) is 0 Å². The summed E-state index contributed by atoms with van der Waals surface area (Å²) in [5.41, 5.74) is 2.64. The van der Waals surface area contributed by atoms with Gasteiger partial charge in [0.1, 0.15) is 0 Å². The molecule has 1 aromatic rings. The molecule has 5 nitrogen and oxygen atoms in total. The van der Waals surface area contributed by atoms with Crippen LogP contribution in [0.25, 0.3) is 0 Å². The van der Waals surface area contributed by atoms with Crippen LogP contribution in [0.3, 0.4) is 0 Å². The van der Waals surface area contributed by atoms with Gasteiger partial charge in [0, 0.05) is 39.8 Å². The first-order valence-corrected chi connectivity index (χ1v) is 9.57. The van der Waals surface area contributed by atoms with E-state index in [2.05, 4.69) is 58.6 Å². The second-order valence-electron chi connectivity index (χ2n) is 6.69. The van der Waals surface area contributed by atoms with Crippen LogP contribution >= 0.6 is 0 Å². The molecule has 1 heterocycles. The first-order valence-electron chi connectivity index (χ1n) is 9.57. The highest BCUT2D eigenvalue weighted by molar-refractivity contribution is 5.79. The van der Waals surface area contributed by atoms with Crippen molar-refractivity contribution in [2.45, 2.75) is 39.8 Å². The first-order chi connectivity index (χ1) is 12.2. The van der Waals surface area contributed by atoms with E-state index in [1.165, 1.54) is 24.0 Å². The Morgan fingerprint density at radius 1 is 1.08 bits per heavy atom. The molecule has 0 saturated carbocycles. The summed E-state index contributed by atoms with van der Waals surface area (Å²) in [7, 11) is 1.83. The van der Waals surface area contributed by atoms with Crippen molar-refractivity contribution < 1.29 is 4.74 Å². The molecule has 0 unspecified atom stereocenters. The summed E-state index contributed by atoms with van der Waals surface area (Å²) in [5.74, 6) is 1.59. The maximum Gasteiger partial charge on any atom is 0.191 e. The van der Waals surface area contributed by atoms with Crippen LogP contribution in [0.15, 0.2) is 29.3 Å². The Morgan fingerprint density at radius 3 is 2.32 bits per heavy atom. The highest BCUT2D eigenvalue weighted by Gasteiger charge is 2.10. The topological polar surface area (TPSA) is 48.9 Å². The zero-order chi connectivity index (χ0) is 17.9. The van der Waals surface area contributed by atoms with Gasteiger partial charge in [-0.05, 0) is 17.0 Å². The Kier molecular flexibility index (Phi) is 8.77. The van der Waals surface area contributed by atoms with Crippen molar-refractivity contribution in [2.75, 3.05) is 39.9 Å². The number of hydrogen-bond acceptors (Lipinski definition) is 3. The minimum absolute atomic E-state index is 0.707. The number of guanidine groups is 1. The Balaban J connectivity index is 1.75. The largest absolute Gasteiger partial charge is 0.379 e. The summed E-state index contributed by atoms with van der Waals surface area (Å²) in [6, 6.07) is 8.87. The van der Waals surface area contributed by atoms with Crippen molar-refractivity contribution in [3.05, 3.63) is 35.4 Å². The van der Waals surface area contributed by atoms with E-state index in [1.54, 1.807) is 0 Å². The Labute approximate surface area is 152 Å². The van der Waals surface area contributed by atoms with Crippen LogP contribution < -0.4 is 10.6 Å². The molecule has 1 fully saturated rings. The molecule has 0 aromatic heterocycles. The molecule has 1 aliphatic rings. The van der Waals surface area contributed by atoms with Crippen molar-refractivity contribution in [3.63, 3.8) is 0 Å². The third-order valence-corrected chi connectivity index (χ3v) is 4.93. The summed E-state index contributed by atoms with van der Waals surface area (Å²) in [5, 5.41) is 6.83. The highest BCUT2D eigenvalue weighted by atomic mass is 16.5. The molecule has 2 N–H and O–H groups in total. The van der Waals surface area contributed by atoms with Crippen LogP contribution in [-0.2, 0) is 17.8 Å². The fraction of sp³-hybridized carbons (Fsp3) is 0.650. The van der Waals surface area contributed by atoms with Crippen molar-refractivity contribution in [3.8, 4) is 0 Å². The van der Waals surface area contributed by atoms with Gasteiger partial charge in [-0.2, -0.15) is 0 Å². The van der Waals surface area contributed by atoms with Gasteiger partial charge in [-0.3, -0.25) is 9.89 Å². The number of benzene rings is 1. The Bertz CT molecular complexity index is 505. The van der Waals surface area contributed by atoms with Crippen LogP contribution in [0.2, 0.25) is 0 Å². The van der Waals surface area contributed by atoms with Gasteiger partial charge in [-0.15, -0.1) is 0 Å². The van der Waals surface area contributed by atoms with E-state index in [0.717, 1.165) is 51.9 Å². The number of aliphatic imine (C=N–C) groups is 1. The first kappa shape index (κ1) is 19.7. The molecule has 0 atom stereocenters. The molecule has 5 heteroatoms. The molecular formula is C20H34N4O. The molecule has 0 spiro atoms. The average molecular weight is 347 g/mol. The number of nitrogens with one attached hydrogen (secondary N) is 2. The van der Waals surface area contributed by atoms with E-state index >= 15 is 0 Å². The van der Waals surface area contributed by atoms with Crippen molar-refractivity contribution in [2.24, 2.45) is 10.9 Å². The van der Waals surface area contributed by atoms with Crippen LogP contribution in [0.5, 0.6) is 0 Å². The molecular weight excluding hydrogens is 312 g/mol. The van der Waals surface area contributed by atoms with Gasteiger partial charge in [0.25, 0.3) is 0 Å². The molecule has 2 rings (SSSR count). The zero-order valence-corrected chi connectivity index (χ0v) is 16.1. The van der Waals surface area contributed by atoms with Crippen LogP contribution in [0.1, 0.15) is 37.8 Å². The van der Waals surface area contributed by atoms with Gasteiger partial charge < -0.3 is 15.4 Å². The quantitative estimate of drug-likeness (QED) is 0.561. The lowest BCUT2D eigenvalue weighted by molar-refractivity contribution is 0.0342. The third kappa shape index (κ3) is 7.04. The number of nitrogens with zero attached hydrogens (tertiary/aromatic N) is 2. The summed E-state index contributed by atoms with van der Waals surface area (Å²) < 4.78 is 5.40. The zero-order valence-electron chi connectivity index (χ0n) is 16.1. The second kappa shape index (κ2) is 11.1. The molecule has 1 saturated heterocycles. The van der Waals surface area contributed by atoms with Crippen LogP contribution in [-0.4, -0.2) is 50.8 Å². The standard InChI is InChI=1S/C20H34N4O/c1-4-17(5-2)14-22-20(21-3)23-15-18-6-8-19(9-7-18)16-24-10-12-25-13-11-24/h6-9,17H,4-5,10-16H2,1-3H3,(H2,21,22,23). The van der Waals surface area contributed by atoms with Gasteiger partial charge in [0.15, 0.2) is 5.96 Å². The van der Waals surface area contributed by atoms with Gasteiger partial charge >= 0.3 is 0 Å². The maximum atomic E-state index is 5.40. The van der Waals surface area contributed by atoms with Crippen molar-refractivity contribution in [1.29, 1.82) is 0 Å². The smallest absolute Gasteiger partial charge is 0.191 e. The van der Waals surface area contributed by atoms with Gasteiger partial charge in [-0.25, -0.2) is 0 Å². The van der Waals surface area contributed by atoms with E-state index < -0.39 is 0 Å². The Morgan fingerprint density at radius 2 is 1.72 bits per heavy atom. The normalized spacial score (nSPS) is 16.2. The highest BCUT2D eigenvalue weighted by Crippen LogP contribution is 2.09. The molecule has 25 heavy (non-hydrogen) atoms. The van der Waals surface area contributed by atoms with E-state index in [4.69, 9.17) is 4.74 Å². The lowest BCUT2D eigenvalue weighted by Gasteiger charge is -2.26. The summed E-state index contributed by atoms with van der Waals surface area (Å²) in [6.07, 6.45) is 2.40.